The molecule has 0 aliphatic heterocycles. The molecule has 1 rings (SSSR count). The van der Waals surface area contributed by atoms with Crippen LogP contribution in [0, 0.1) is 6.92 Å². The molecule has 1 aromatic rings. The molecule has 0 aromatic carbocycles. The second-order valence-electron chi connectivity index (χ2n) is 3.20. The van der Waals surface area contributed by atoms with E-state index in [1.54, 1.807) is 7.11 Å². The van der Waals surface area contributed by atoms with Crippen LogP contribution in [0.15, 0.2) is 6.20 Å². The van der Waals surface area contributed by atoms with Gasteiger partial charge in [-0.15, -0.1) is 0 Å². The highest BCUT2D eigenvalue weighted by atomic mass is 16.5. The first kappa shape index (κ1) is 12.4. The number of nitrogens with zero attached hydrogens (tertiary/aromatic N) is 1. The molecule has 0 fully saturated rings. The van der Waals surface area contributed by atoms with Crippen molar-refractivity contribution in [3.63, 3.8) is 0 Å². The maximum Gasteiger partial charge on any atom is 0.343 e. The summed E-state index contributed by atoms with van der Waals surface area (Å²) in [6, 6.07) is 0. The van der Waals surface area contributed by atoms with Crippen molar-refractivity contribution in [1.82, 2.24) is 4.98 Å². The van der Waals surface area contributed by atoms with Crippen LogP contribution in [0.2, 0.25) is 0 Å². The summed E-state index contributed by atoms with van der Waals surface area (Å²) in [5.74, 6) is 0.0188. The number of aromatic nitrogens is 1. The van der Waals surface area contributed by atoms with Gasteiger partial charge in [0.05, 0.1) is 26.5 Å². The molecule has 0 radical (unpaired) electrons. The first-order valence-electron chi connectivity index (χ1n) is 4.75. The minimum absolute atomic E-state index is 0.322. The molecule has 1 aromatic heterocycles. The number of rotatable bonds is 4. The summed E-state index contributed by atoms with van der Waals surface area (Å²) in [5, 5.41) is 0. The number of pyridine rings is 1. The molecule has 0 aliphatic rings. The van der Waals surface area contributed by atoms with Crippen LogP contribution in [0.25, 0.3) is 0 Å². The zero-order chi connectivity index (χ0) is 12.1. The summed E-state index contributed by atoms with van der Waals surface area (Å²) in [5.41, 5.74) is 1.85. The van der Waals surface area contributed by atoms with Crippen molar-refractivity contribution in [2.24, 2.45) is 0 Å². The molecule has 16 heavy (non-hydrogen) atoms. The Morgan fingerprint density at radius 1 is 1.38 bits per heavy atom. The van der Waals surface area contributed by atoms with Gasteiger partial charge in [0.15, 0.2) is 0 Å². The fraction of sp³-hybridized carbons (Fsp3) is 0.455. The van der Waals surface area contributed by atoms with E-state index in [1.165, 1.54) is 20.4 Å². The molecular formula is C11H15NO4. The standard InChI is InChI=1S/C11H15NO4/c1-7-9(6-14-2)12-5-8(10(7)15-3)11(13)16-4/h5H,6H2,1-4H3. The van der Waals surface area contributed by atoms with Crippen molar-refractivity contribution in [3.8, 4) is 5.75 Å². The number of ether oxygens (including phenoxy) is 3. The molecule has 0 amide bonds. The lowest BCUT2D eigenvalue weighted by atomic mass is 10.1. The molecule has 0 bridgehead atoms. The Balaban J connectivity index is 3.23. The monoisotopic (exact) mass is 225 g/mol. The molecule has 0 spiro atoms. The minimum Gasteiger partial charge on any atom is -0.495 e. The predicted molar refractivity (Wildman–Crippen MR) is 57.6 cm³/mol. The van der Waals surface area contributed by atoms with Gasteiger partial charge in [-0.3, -0.25) is 4.98 Å². The van der Waals surface area contributed by atoms with Gasteiger partial charge in [-0.2, -0.15) is 0 Å². The van der Waals surface area contributed by atoms with Gasteiger partial charge in [-0.1, -0.05) is 0 Å². The van der Waals surface area contributed by atoms with Crippen LogP contribution in [-0.2, 0) is 16.1 Å². The summed E-state index contributed by atoms with van der Waals surface area (Å²) < 4.78 is 14.8. The van der Waals surface area contributed by atoms with E-state index in [0.717, 1.165) is 11.3 Å². The van der Waals surface area contributed by atoms with Crippen LogP contribution >= 0.6 is 0 Å². The highest BCUT2D eigenvalue weighted by Crippen LogP contribution is 2.25. The van der Waals surface area contributed by atoms with Gasteiger partial charge >= 0.3 is 5.97 Å². The van der Waals surface area contributed by atoms with Gasteiger partial charge in [0.2, 0.25) is 0 Å². The summed E-state index contributed by atoms with van der Waals surface area (Å²) >= 11 is 0. The topological polar surface area (TPSA) is 57.7 Å². The molecule has 0 atom stereocenters. The van der Waals surface area contributed by atoms with Crippen LogP contribution < -0.4 is 4.74 Å². The van der Waals surface area contributed by atoms with Crippen LogP contribution in [0.3, 0.4) is 0 Å². The number of hydrogen-bond acceptors (Lipinski definition) is 5. The zero-order valence-electron chi connectivity index (χ0n) is 9.86. The van der Waals surface area contributed by atoms with Crippen molar-refractivity contribution in [3.05, 3.63) is 23.0 Å². The Morgan fingerprint density at radius 2 is 2.06 bits per heavy atom. The van der Waals surface area contributed by atoms with Gasteiger partial charge in [0.1, 0.15) is 11.3 Å². The Bertz CT molecular complexity index is 390. The maximum absolute atomic E-state index is 11.4. The molecule has 5 nitrogen and oxygen atoms in total. The Hall–Kier alpha value is -1.62. The van der Waals surface area contributed by atoms with E-state index in [4.69, 9.17) is 9.47 Å². The number of carbonyl (C=O) groups is 1. The summed E-state index contributed by atoms with van der Waals surface area (Å²) in [6.07, 6.45) is 1.44. The molecule has 0 N–H and O–H groups in total. The van der Waals surface area contributed by atoms with E-state index in [-0.39, 0.29) is 0 Å². The molecular weight excluding hydrogens is 210 g/mol. The number of esters is 1. The fourth-order valence-corrected chi connectivity index (χ4v) is 1.43. The quantitative estimate of drug-likeness (QED) is 0.723. The maximum atomic E-state index is 11.4. The summed E-state index contributed by atoms with van der Waals surface area (Å²) in [7, 11) is 4.41. The van der Waals surface area contributed by atoms with Gasteiger partial charge < -0.3 is 14.2 Å². The Morgan fingerprint density at radius 3 is 2.56 bits per heavy atom. The zero-order valence-corrected chi connectivity index (χ0v) is 9.86. The predicted octanol–water partition coefficient (Wildman–Crippen LogP) is 1.33. The van der Waals surface area contributed by atoms with Crippen LogP contribution in [0.4, 0.5) is 0 Å². The average Bonchev–Trinajstić information content (AvgIpc) is 2.30. The third kappa shape index (κ3) is 2.30. The van der Waals surface area contributed by atoms with E-state index >= 15 is 0 Å². The van der Waals surface area contributed by atoms with E-state index in [2.05, 4.69) is 9.72 Å². The van der Waals surface area contributed by atoms with Gasteiger partial charge in [-0.25, -0.2) is 4.79 Å². The summed E-state index contributed by atoms with van der Waals surface area (Å²) in [6.45, 7) is 2.20. The second-order valence-corrected chi connectivity index (χ2v) is 3.20. The van der Waals surface area contributed by atoms with Crippen molar-refractivity contribution in [2.75, 3.05) is 21.3 Å². The highest BCUT2D eigenvalue weighted by Gasteiger charge is 2.17. The summed E-state index contributed by atoms with van der Waals surface area (Å²) in [4.78, 5) is 15.6. The third-order valence-electron chi connectivity index (χ3n) is 2.26. The van der Waals surface area contributed by atoms with Gasteiger partial charge in [-0.05, 0) is 6.92 Å². The SMILES string of the molecule is COCc1ncc(C(=O)OC)c(OC)c1C. The third-order valence-corrected chi connectivity index (χ3v) is 2.26. The molecule has 0 saturated heterocycles. The lowest BCUT2D eigenvalue weighted by molar-refractivity contribution is 0.0596. The van der Waals surface area contributed by atoms with Crippen LogP contribution in [0.5, 0.6) is 5.75 Å². The van der Waals surface area contributed by atoms with Crippen molar-refractivity contribution in [1.29, 1.82) is 0 Å². The smallest absolute Gasteiger partial charge is 0.343 e. The number of hydrogen-bond donors (Lipinski definition) is 0. The van der Waals surface area contributed by atoms with E-state index in [9.17, 15) is 4.79 Å². The Kier molecular flexibility index (Phi) is 4.25. The van der Waals surface area contributed by atoms with Crippen molar-refractivity contribution >= 4 is 5.97 Å². The van der Waals surface area contributed by atoms with Crippen molar-refractivity contribution in [2.45, 2.75) is 13.5 Å². The number of methoxy groups -OCH3 is 3. The molecule has 0 aliphatic carbocycles. The lowest BCUT2D eigenvalue weighted by Crippen LogP contribution is -2.09. The largest absolute Gasteiger partial charge is 0.495 e. The van der Waals surface area contributed by atoms with E-state index in [1.807, 2.05) is 6.92 Å². The number of carbonyl (C=O) groups excluding carboxylic acids is 1. The van der Waals surface area contributed by atoms with Gasteiger partial charge in [0, 0.05) is 18.9 Å². The fourth-order valence-electron chi connectivity index (χ4n) is 1.43. The minimum atomic E-state index is -0.462. The first-order chi connectivity index (χ1) is 7.65. The molecule has 5 heteroatoms. The van der Waals surface area contributed by atoms with E-state index < -0.39 is 5.97 Å². The molecule has 0 saturated carbocycles. The molecule has 0 unspecified atom stereocenters. The normalized spacial score (nSPS) is 10.0. The van der Waals surface area contributed by atoms with Gasteiger partial charge in [0.25, 0.3) is 0 Å². The lowest BCUT2D eigenvalue weighted by Gasteiger charge is -2.12. The van der Waals surface area contributed by atoms with Crippen LogP contribution in [0.1, 0.15) is 21.6 Å². The second kappa shape index (κ2) is 5.46. The Labute approximate surface area is 94.3 Å². The average molecular weight is 225 g/mol. The van der Waals surface area contributed by atoms with Crippen LogP contribution in [-0.4, -0.2) is 32.3 Å². The molecule has 88 valence electrons. The highest BCUT2D eigenvalue weighted by molar-refractivity contribution is 5.92. The molecule has 1 heterocycles. The van der Waals surface area contributed by atoms with E-state index in [0.29, 0.717) is 17.9 Å². The van der Waals surface area contributed by atoms with Crippen molar-refractivity contribution < 1.29 is 19.0 Å². The first-order valence-corrected chi connectivity index (χ1v) is 4.75.